The maximum atomic E-state index is 13.3. The molecule has 2 aromatic rings. The van der Waals surface area contributed by atoms with Crippen LogP contribution in [0.3, 0.4) is 0 Å². The van der Waals surface area contributed by atoms with E-state index >= 15 is 0 Å². The number of carbonyl (C=O) groups is 5. The summed E-state index contributed by atoms with van der Waals surface area (Å²) >= 11 is 0. The summed E-state index contributed by atoms with van der Waals surface area (Å²) in [5, 5.41) is 24.7. The van der Waals surface area contributed by atoms with Gasteiger partial charge in [0, 0.05) is 30.2 Å². The zero-order valence-corrected chi connectivity index (χ0v) is 22.4. The standard InChI is InChI=1S/C26H36N8O7/c27-16(11-14-13-31-17-6-2-1-5-15(14)17)22(37)33-19(12-21(35)36)23(38)32-18(7-3-9-30-26(28)29)24(39)34-10-4-8-20(34)25(40)41/h1-2,5-6,13,16,18-20,31H,3-4,7-12,27H2,(H,32,38)(H,33,37)(H,35,36)(H,40,41)(H4,28,29,30). The van der Waals surface area contributed by atoms with Crippen molar-refractivity contribution in [2.24, 2.45) is 22.2 Å². The average molecular weight is 573 g/mol. The number of benzene rings is 1. The third-order valence-corrected chi connectivity index (χ3v) is 6.84. The number of hydrogen-bond donors (Lipinski definition) is 8. The molecule has 15 heteroatoms. The van der Waals surface area contributed by atoms with Crippen LogP contribution in [0.15, 0.2) is 35.5 Å². The fourth-order valence-electron chi connectivity index (χ4n) is 4.81. The first-order valence-corrected chi connectivity index (χ1v) is 13.2. The SMILES string of the molecule is NC(N)=NCCCC(NC(=O)C(CC(=O)O)NC(=O)C(N)Cc1c[nH]c2ccccc12)C(=O)N1CCCC1C(=O)O. The topological polar surface area (TPSA) is 259 Å². The van der Waals surface area contributed by atoms with Crippen molar-refractivity contribution in [1.29, 1.82) is 0 Å². The number of aliphatic carboxylic acids is 2. The van der Waals surface area contributed by atoms with Crippen LogP contribution in [0.25, 0.3) is 10.9 Å². The third kappa shape index (κ3) is 8.41. The Hall–Kier alpha value is -4.66. The lowest BCUT2D eigenvalue weighted by molar-refractivity contribution is -0.149. The van der Waals surface area contributed by atoms with Crippen LogP contribution in [0.2, 0.25) is 0 Å². The van der Waals surface area contributed by atoms with E-state index in [-0.39, 0.29) is 44.7 Å². The van der Waals surface area contributed by atoms with Crippen LogP contribution in [0.4, 0.5) is 0 Å². The lowest BCUT2D eigenvalue weighted by atomic mass is 10.0. The molecule has 1 aromatic heterocycles. The smallest absolute Gasteiger partial charge is 0.326 e. The first-order chi connectivity index (χ1) is 19.5. The summed E-state index contributed by atoms with van der Waals surface area (Å²) in [6.07, 6.45) is 2.11. The average Bonchev–Trinajstić information content (AvgIpc) is 3.57. The Morgan fingerprint density at radius 3 is 2.46 bits per heavy atom. The number of hydrogen-bond acceptors (Lipinski definition) is 7. The summed E-state index contributed by atoms with van der Waals surface area (Å²) in [7, 11) is 0. The number of carbonyl (C=O) groups excluding carboxylic acids is 3. The van der Waals surface area contributed by atoms with Crippen LogP contribution >= 0.6 is 0 Å². The summed E-state index contributed by atoms with van der Waals surface area (Å²) < 4.78 is 0. The van der Waals surface area contributed by atoms with Gasteiger partial charge in [0.2, 0.25) is 17.7 Å². The first-order valence-electron chi connectivity index (χ1n) is 13.2. The number of likely N-dealkylation sites (tertiary alicyclic amines) is 1. The van der Waals surface area contributed by atoms with Gasteiger partial charge < -0.3 is 47.9 Å². The second-order valence-corrected chi connectivity index (χ2v) is 9.87. The highest BCUT2D eigenvalue weighted by Crippen LogP contribution is 2.20. The summed E-state index contributed by atoms with van der Waals surface area (Å²) in [6.45, 7) is 0.330. The number of amides is 3. The predicted molar refractivity (Wildman–Crippen MR) is 148 cm³/mol. The number of aromatic amines is 1. The predicted octanol–water partition coefficient (Wildman–Crippen LogP) is -1.39. The molecule has 0 radical (unpaired) electrons. The van der Waals surface area contributed by atoms with Crippen molar-refractivity contribution in [2.75, 3.05) is 13.1 Å². The van der Waals surface area contributed by atoms with E-state index in [0.29, 0.717) is 6.42 Å². The monoisotopic (exact) mass is 572 g/mol. The van der Waals surface area contributed by atoms with Gasteiger partial charge in [-0.05, 0) is 43.7 Å². The molecule has 0 spiro atoms. The molecule has 15 nitrogen and oxygen atoms in total. The van der Waals surface area contributed by atoms with Crippen molar-refractivity contribution in [3.63, 3.8) is 0 Å². The fraction of sp³-hybridized carbons (Fsp3) is 0.462. The Morgan fingerprint density at radius 1 is 1.07 bits per heavy atom. The largest absolute Gasteiger partial charge is 0.481 e. The highest BCUT2D eigenvalue weighted by molar-refractivity contribution is 5.96. The number of fused-ring (bicyclic) bond motifs is 1. The summed E-state index contributed by atoms with van der Waals surface area (Å²) in [6, 6.07) is 2.54. The lowest BCUT2D eigenvalue weighted by Crippen LogP contribution is -2.57. The molecule has 1 saturated heterocycles. The molecule has 1 fully saturated rings. The van der Waals surface area contributed by atoms with Gasteiger partial charge in [-0.25, -0.2) is 4.79 Å². The molecule has 3 rings (SSSR count). The van der Waals surface area contributed by atoms with E-state index in [2.05, 4.69) is 20.6 Å². The molecule has 222 valence electrons. The molecule has 1 aliphatic rings. The van der Waals surface area contributed by atoms with E-state index in [9.17, 15) is 34.2 Å². The van der Waals surface area contributed by atoms with Crippen LogP contribution in [0.1, 0.15) is 37.7 Å². The van der Waals surface area contributed by atoms with Gasteiger partial charge in [0.05, 0.1) is 12.5 Å². The Morgan fingerprint density at radius 2 is 1.78 bits per heavy atom. The van der Waals surface area contributed by atoms with E-state index in [1.807, 2.05) is 24.3 Å². The van der Waals surface area contributed by atoms with Crippen molar-refractivity contribution in [3.05, 3.63) is 36.0 Å². The minimum absolute atomic E-state index is 0.0397. The molecule has 1 aliphatic heterocycles. The third-order valence-electron chi connectivity index (χ3n) is 6.84. The molecule has 41 heavy (non-hydrogen) atoms. The zero-order valence-electron chi connectivity index (χ0n) is 22.4. The molecular formula is C26H36N8O7. The van der Waals surface area contributed by atoms with Crippen molar-refractivity contribution in [2.45, 2.75) is 62.7 Å². The molecule has 4 atom stereocenters. The van der Waals surface area contributed by atoms with Gasteiger partial charge in [-0.3, -0.25) is 24.2 Å². The normalized spacial score (nSPS) is 16.9. The summed E-state index contributed by atoms with van der Waals surface area (Å²) in [4.78, 5) is 70.8. The number of nitrogens with two attached hydrogens (primary N) is 3. The van der Waals surface area contributed by atoms with Crippen LogP contribution in [0, 0.1) is 0 Å². The fourth-order valence-corrected chi connectivity index (χ4v) is 4.81. The number of para-hydroxylation sites is 1. The zero-order chi connectivity index (χ0) is 30.1. The van der Waals surface area contributed by atoms with Crippen molar-refractivity contribution in [1.82, 2.24) is 20.5 Å². The lowest BCUT2D eigenvalue weighted by Gasteiger charge is -2.28. The number of aliphatic imine (C=N–C) groups is 1. The quantitative estimate of drug-likeness (QED) is 0.0746. The molecule has 1 aromatic carbocycles. The maximum Gasteiger partial charge on any atom is 0.326 e. The molecule has 0 aliphatic carbocycles. The second-order valence-electron chi connectivity index (χ2n) is 9.87. The van der Waals surface area contributed by atoms with Gasteiger partial charge in [-0.15, -0.1) is 0 Å². The number of guanidine groups is 1. The Bertz CT molecular complexity index is 1310. The van der Waals surface area contributed by atoms with Gasteiger partial charge in [0.15, 0.2) is 5.96 Å². The highest BCUT2D eigenvalue weighted by Gasteiger charge is 2.38. The second kappa shape index (κ2) is 14.1. The molecule has 4 unspecified atom stereocenters. The number of nitrogens with zero attached hydrogens (tertiary/aromatic N) is 2. The highest BCUT2D eigenvalue weighted by atomic mass is 16.4. The minimum Gasteiger partial charge on any atom is -0.481 e. The van der Waals surface area contributed by atoms with Crippen molar-refractivity contribution < 1.29 is 34.2 Å². The Labute approximate surface area is 235 Å². The number of nitrogens with one attached hydrogen (secondary N) is 3. The van der Waals surface area contributed by atoms with Gasteiger partial charge in [-0.1, -0.05) is 18.2 Å². The number of rotatable bonds is 14. The minimum atomic E-state index is -1.55. The van der Waals surface area contributed by atoms with Gasteiger partial charge in [0.25, 0.3) is 0 Å². The molecule has 2 heterocycles. The Balaban J connectivity index is 1.72. The van der Waals surface area contributed by atoms with Crippen molar-refractivity contribution >= 4 is 46.5 Å². The Kier molecular flexibility index (Phi) is 10.6. The van der Waals surface area contributed by atoms with E-state index in [1.165, 1.54) is 4.90 Å². The van der Waals surface area contributed by atoms with E-state index < -0.39 is 60.2 Å². The van der Waals surface area contributed by atoms with Crippen LogP contribution in [0.5, 0.6) is 0 Å². The number of carboxylic acids is 2. The molecule has 11 N–H and O–H groups in total. The molecule has 0 saturated carbocycles. The number of H-pyrrole nitrogens is 1. The van der Waals surface area contributed by atoms with E-state index in [1.54, 1.807) is 6.20 Å². The maximum absolute atomic E-state index is 13.3. The van der Waals surface area contributed by atoms with Crippen LogP contribution in [-0.4, -0.2) is 93.0 Å². The van der Waals surface area contributed by atoms with Gasteiger partial charge in [0.1, 0.15) is 18.1 Å². The molecular weight excluding hydrogens is 536 g/mol. The molecule has 3 amide bonds. The number of aromatic nitrogens is 1. The molecule has 0 bridgehead atoms. The first kappa shape index (κ1) is 30.9. The van der Waals surface area contributed by atoms with Gasteiger partial charge >= 0.3 is 11.9 Å². The van der Waals surface area contributed by atoms with Crippen molar-refractivity contribution in [3.8, 4) is 0 Å². The number of carboxylic acid groups (broad SMARTS) is 2. The van der Waals surface area contributed by atoms with E-state index in [0.717, 1.165) is 16.5 Å². The van der Waals surface area contributed by atoms with Crippen LogP contribution in [-0.2, 0) is 30.4 Å². The summed E-state index contributed by atoms with van der Waals surface area (Å²) in [5.41, 5.74) is 18.4. The van der Waals surface area contributed by atoms with Crippen LogP contribution < -0.4 is 27.8 Å². The summed E-state index contributed by atoms with van der Waals surface area (Å²) in [5.74, 6) is -5.00. The van der Waals surface area contributed by atoms with E-state index in [4.69, 9.17) is 17.2 Å². The van der Waals surface area contributed by atoms with Gasteiger partial charge in [-0.2, -0.15) is 0 Å².